The van der Waals surface area contributed by atoms with E-state index in [1.807, 2.05) is 54.6 Å². The summed E-state index contributed by atoms with van der Waals surface area (Å²) >= 11 is 9.65. The zero-order valence-electron chi connectivity index (χ0n) is 24.4. The van der Waals surface area contributed by atoms with Crippen molar-refractivity contribution in [1.82, 2.24) is 10.2 Å². The number of anilines is 1. The van der Waals surface area contributed by atoms with Crippen molar-refractivity contribution in [2.45, 2.75) is 70.0 Å². The van der Waals surface area contributed by atoms with E-state index in [2.05, 4.69) is 21.2 Å². The predicted octanol–water partition coefficient (Wildman–Crippen LogP) is 6.74. The van der Waals surface area contributed by atoms with E-state index in [1.165, 1.54) is 10.7 Å². The zero-order valence-corrected chi connectivity index (χ0v) is 27.6. The highest BCUT2D eigenvalue weighted by molar-refractivity contribution is 9.10. The van der Waals surface area contributed by atoms with Crippen LogP contribution in [-0.4, -0.2) is 50.0 Å². The molecule has 0 unspecified atom stereocenters. The summed E-state index contributed by atoms with van der Waals surface area (Å²) in [5, 5.41) is 3.68. The van der Waals surface area contributed by atoms with E-state index >= 15 is 0 Å². The molecule has 0 aliphatic heterocycles. The van der Waals surface area contributed by atoms with Crippen LogP contribution in [0.2, 0.25) is 5.02 Å². The molecule has 3 aromatic carbocycles. The van der Waals surface area contributed by atoms with Crippen molar-refractivity contribution in [2.24, 2.45) is 0 Å². The van der Waals surface area contributed by atoms with Gasteiger partial charge in [-0.2, -0.15) is 0 Å². The average Bonchev–Trinajstić information content (AvgIpc) is 2.97. The fourth-order valence-electron chi connectivity index (χ4n) is 5.57. The van der Waals surface area contributed by atoms with Crippen LogP contribution in [0.1, 0.15) is 56.1 Å². The van der Waals surface area contributed by atoms with Gasteiger partial charge >= 0.3 is 0 Å². The van der Waals surface area contributed by atoms with Gasteiger partial charge in [-0.1, -0.05) is 95.3 Å². The largest absolute Gasteiger partial charge is 0.352 e. The fraction of sp³-hybridized carbons (Fsp3) is 0.394. The van der Waals surface area contributed by atoms with Gasteiger partial charge < -0.3 is 10.2 Å². The minimum absolute atomic E-state index is 0.0720. The molecule has 1 atom stereocenters. The Balaban J connectivity index is 1.59. The molecule has 1 aliphatic carbocycles. The summed E-state index contributed by atoms with van der Waals surface area (Å²) in [5.74, 6) is -0.366. The number of hydrogen-bond donors (Lipinski definition) is 1. The molecule has 1 N–H and O–H groups in total. The van der Waals surface area contributed by atoms with Crippen molar-refractivity contribution in [3.8, 4) is 0 Å². The van der Waals surface area contributed by atoms with E-state index in [0.29, 0.717) is 17.1 Å². The van der Waals surface area contributed by atoms with E-state index in [-0.39, 0.29) is 43.8 Å². The summed E-state index contributed by atoms with van der Waals surface area (Å²) in [4.78, 5) is 29.6. The maximum Gasteiger partial charge on any atom is 0.243 e. The first-order valence-electron chi connectivity index (χ1n) is 14.7. The quantitative estimate of drug-likeness (QED) is 0.216. The Kier molecular flexibility index (Phi) is 12.1. The van der Waals surface area contributed by atoms with Crippen LogP contribution in [0, 0.1) is 0 Å². The van der Waals surface area contributed by atoms with Crippen LogP contribution in [0.5, 0.6) is 0 Å². The molecule has 4 rings (SSSR count). The summed E-state index contributed by atoms with van der Waals surface area (Å²) in [6.45, 7) is 0.352. The van der Waals surface area contributed by atoms with Crippen LogP contribution < -0.4 is 9.62 Å². The lowest BCUT2D eigenvalue weighted by Gasteiger charge is -2.34. The Morgan fingerprint density at radius 1 is 0.953 bits per heavy atom. The summed E-state index contributed by atoms with van der Waals surface area (Å²) in [6, 6.07) is 23.5. The molecule has 3 aromatic rings. The number of halogens is 2. The lowest BCUT2D eigenvalue weighted by atomic mass is 9.94. The maximum atomic E-state index is 14.0. The zero-order chi connectivity index (χ0) is 30.8. The second-order valence-corrected chi connectivity index (χ2v) is 14.4. The van der Waals surface area contributed by atoms with Gasteiger partial charge in [0, 0.05) is 41.5 Å². The first-order chi connectivity index (χ1) is 20.6. The molecular weight excluding hydrogens is 650 g/mol. The molecule has 1 fully saturated rings. The van der Waals surface area contributed by atoms with Gasteiger partial charge in [0.15, 0.2) is 0 Å². The molecule has 0 radical (unpaired) electrons. The van der Waals surface area contributed by atoms with Gasteiger partial charge in [0.2, 0.25) is 21.8 Å². The molecule has 0 bridgehead atoms. The van der Waals surface area contributed by atoms with Gasteiger partial charge in [-0.3, -0.25) is 13.9 Å². The third-order valence-electron chi connectivity index (χ3n) is 7.71. The lowest BCUT2D eigenvalue weighted by Crippen LogP contribution is -2.52. The second kappa shape index (κ2) is 15.7. The number of carbonyl (C=O) groups is 2. The highest BCUT2D eigenvalue weighted by Gasteiger charge is 2.32. The average molecular weight is 689 g/mol. The summed E-state index contributed by atoms with van der Waals surface area (Å²) in [6.07, 6.45) is 7.07. The first kappa shape index (κ1) is 33.0. The highest BCUT2D eigenvalue weighted by Crippen LogP contribution is 2.24. The van der Waals surface area contributed by atoms with Crippen LogP contribution in [0.4, 0.5) is 5.69 Å². The molecule has 10 heteroatoms. The molecule has 43 heavy (non-hydrogen) atoms. The molecule has 2 amide bonds. The van der Waals surface area contributed by atoms with Gasteiger partial charge in [-0.15, -0.1) is 0 Å². The first-order valence-corrected chi connectivity index (χ1v) is 17.7. The van der Waals surface area contributed by atoms with Gasteiger partial charge in [0.25, 0.3) is 0 Å². The number of benzene rings is 3. The Labute approximate surface area is 268 Å². The number of rotatable bonds is 13. The maximum absolute atomic E-state index is 14.0. The summed E-state index contributed by atoms with van der Waals surface area (Å²) < 4.78 is 27.4. The number of amides is 2. The van der Waals surface area contributed by atoms with Gasteiger partial charge in [0.1, 0.15) is 6.04 Å². The number of nitrogens with one attached hydrogen (secondary N) is 1. The Morgan fingerprint density at radius 3 is 2.33 bits per heavy atom. The Hall–Kier alpha value is -2.88. The van der Waals surface area contributed by atoms with Crippen molar-refractivity contribution in [3.63, 3.8) is 0 Å². The Morgan fingerprint density at radius 2 is 1.65 bits per heavy atom. The minimum Gasteiger partial charge on any atom is -0.352 e. The second-order valence-electron chi connectivity index (χ2n) is 11.1. The standard InChI is InChI=1S/C33H39BrClN3O4S/c1-43(41,42)38(30-18-9-15-28(35)23-30)20-10-19-32(39)37(24-26-13-8-14-27(34)21-26)31(22-25-11-4-2-5-12-25)33(40)36-29-16-6-3-7-17-29/h2,4-5,8-9,11-15,18,21,23,29,31H,3,6-7,10,16-17,19-20,22,24H2,1H3,(H,36,40)/t31-/m1/s1. The normalized spacial score (nSPS) is 14.6. The van der Waals surface area contributed by atoms with E-state index in [0.717, 1.165) is 47.5 Å². The fourth-order valence-corrected chi connectivity index (χ4v) is 7.15. The molecule has 7 nitrogen and oxygen atoms in total. The van der Waals surface area contributed by atoms with Crippen LogP contribution in [0.15, 0.2) is 83.3 Å². The van der Waals surface area contributed by atoms with Gasteiger partial charge in [0.05, 0.1) is 11.9 Å². The monoisotopic (exact) mass is 687 g/mol. The van der Waals surface area contributed by atoms with Crippen molar-refractivity contribution in [2.75, 3.05) is 17.1 Å². The van der Waals surface area contributed by atoms with Gasteiger partial charge in [-0.05, 0) is 60.7 Å². The van der Waals surface area contributed by atoms with E-state index in [4.69, 9.17) is 11.6 Å². The van der Waals surface area contributed by atoms with Crippen molar-refractivity contribution < 1.29 is 18.0 Å². The number of sulfonamides is 1. The number of hydrogen-bond acceptors (Lipinski definition) is 4. The van der Waals surface area contributed by atoms with Crippen molar-refractivity contribution >= 4 is 55.1 Å². The van der Waals surface area contributed by atoms with Crippen LogP contribution in [0.25, 0.3) is 0 Å². The molecule has 0 saturated heterocycles. The third-order valence-corrected chi connectivity index (χ3v) is 9.64. The third kappa shape index (κ3) is 10.1. The van der Waals surface area contributed by atoms with Crippen LogP contribution >= 0.6 is 27.5 Å². The van der Waals surface area contributed by atoms with Crippen molar-refractivity contribution in [1.29, 1.82) is 0 Å². The molecule has 1 saturated carbocycles. The predicted molar refractivity (Wildman–Crippen MR) is 177 cm³/mol. The lowest BCUT2D eigenvalue weighted by molar-refractivity contribution is -0.141. The summed E-state index contributed by atoms with van der Waals surface area (Å²) in [7, 11) is -3.61. The molecule has 0 spiro atoms. The van der Waals surface area contributed by atoms with E-state index in [9.17, 15) is 18.0 Å². The number of nitrogens with zero attached hydrogens (tertiary/aromatic N) is 2. The molecule has 0 heterocycles. The molecule has 1 aliphatic rings. The van der Waals surface area contributed by atoms with E-state index in [1.54, 1.807) is 29.2 Å². The minimum atomic E-state index is -3.61. The van der Waals surface area contributed by atoms with E-state index < -0.39 is 16.1 Å². The van der Waals surface area contributed by atoms with Gasteiger partial charge in [-0.25, -0.2) is 8.42 Å². The van der Waals surface area contributed by atoms with Crippen LogP contribution in [0.3, 0.4) is 0 Å². The number of carbonyl (C=O) groups excluding carboxylic acids is 2. The summed E-state index contributed by atoms with van der Waals surface area (Å²) in [5.41, 5.74) is 2.30. The molecule has 0 aromatic heterocycles. The topological polar surface area (TPSA) is 86.8 Å². The SMILES string of the molecule is CS(=O)(=O)N(CCCC(=O)N(Cc1cccc(Br)c1)[C@H](Cc1ccccc1)C(=O)NC1CCCCC1)c1cccc(Cl)c1. The van der Waals surface area contributed by atoms with Crippen molar-refractivity contribution in [3.05, 3.63) is 99.5 Å². The molecular formula is C33H39BrClN3O4S. The molecule has 230 valence electrons. The highest BCUT2D eigenvalue weighted by atomic mass is 79.9. The smallest absolute Gasteiger partial charge is 0.243 e. The Bertz CT molecular complexity index is 1480. The van der Waals surface area contributed by atoms with Crippen LogP contribution in [-0.2, 0) is 32.6 Å².